The second-order valence-corrected chi connectivity index (χ2v) is 10.2. The monoisotopic (exact) mass is 442 g/mol. The zero-order valence-electron chi connectivity index (χ0n) is 15.5. The van der Waals surface area contributed by atoms with E-state index < -0.39 is 44.6 Å². The van der Waals surface area contributed by atoms with Crippen LogP contribution in [0.2, 0.25) is 0 Å². The molecule has 160 valence electrons. The van der Waals surface area contributed by atoms with Crippen molar-refractivity contribution in [3.63, 3.8) is 0 Å². The molecule has 10 heteroatoms. The van der Waals surface area contributed by atoms with Crippen LogP contribution >= 0.6 is 0 Å². The number of allylic oxidation sites excluding steroid dienone is 2. The van der Waals surface area contributed by atoms with Crippen molar-refractivity contribution < 1.29 is 40.0 Å². The molecule has 1 aromatic rings. The normalized spacial score (nSPS) is 40.9. The fourth-order valence-corrected chi connectivity index (χ4v) is 7.44. The van der Waals surface area contributed by atoms with Crippen molar-refractivity contribution in [3.8, 4) is 0 Å². The van der Waals surface area contributed by atoms with Crippen LogP contribution in [0.5, 0.6) is 0 Å². The summed E-state index contributed by atoms with van der Waals surface area (Å²) in [6.07, 6.45) is 9.07. The van der Waals surface area contributed by atoms with E-state index in [1.807, 2.05) is 12.2 Å². The van der Waals surface area contributed by atoms with Crippen molar-refractivity contribution in [1.82, 2.24) is 0 Å². The minimum Gasteiger partial charge on any atom is -0.472 e. The maximum atomic E-state index is 13.0. The molecule has 7 rings (SSSR count). The van der Waals surface area contributed by atoms with Gasteiger partial charge in [0.25, 0.3) is 0 Å². The highest BCUT2D eigenvalue weighted by atomic mass is 32.2. The Morgan fingerprint density at radius 3 is 2.77 bits per heavy atom. The van der Waals surface area contributed by atoms with Crippen LogP contribution in [0.25, 0.3) is 0 Å². The molecule has 2 fully saturated rings. The molecule has 5 atom stereocenters. The van der Waals surface area contributed by atoms with E-state index in [1.165, 1.54) is 12.3 Å². The highest BCUT2D eigenvalue weighted by Crippen LogP contribution is 2.95. The molecule has 1 N–H and O–H groups in total. The van der Waals surface area contributed by atoms with Gasteiger partial charge in [-0.05, 0) is 42.0 Å². The smallest absolute Gasteiger partial charge is 0.472 e. The van der Waals surface area contributed by atoms with Crippen LogP contribution in [0, 0.1) is 22.2 Å². The van der Waals surface area contributed by atoms with Crippen molar-refractivity contribution >= 4 is 10.1 Å². The first-order valence-electron chi connectivity index (χ1n) is 9.54. The summed E-state index contributed by atoms with van der Waals surface area (Å²) in [5.41, 5.74) is -5.68. The maximum Gasteiger partial charge on any atom is 0.534 e. The number of aliphatic hydroxyl groups excluding tert-OH is 1. The summed E-state index contributed by atoms with van der Waals surface area (Å²) in [5, 5.41) is 10.5. The van der Waals surface area contributed by atoms with Crippen molar-refractivity contribution in [2.24, 2.45) is 22.2 Å². The van der Waals surface area contributed by atoms with Crippen LogP contribution in [0.3, 0.4) is 0 Å². The molecule has 4 bridgehead atoms. The van der Waals surface area contributed by atoms with Gasteiger partial charge in [0, 0.05) is 16.4 Å². The van der Waals surface area contributed by atoms with E-state index in [2.05, 4.69) is 4.18 Å². The van der Waals surface area contributed by atoms with Gasteiger partial charge in [-0.15, -0.1) is 0 Å². The fourth-order valence-electron chi connectivity index (χ4n) is 6.91. The Morgan fingerprint density at radius 2 is 2.10 bits per heavy atom. The Labute approximate surface area is 169 Å². The summed E-state index contributed by atoms with van der Waals surface area (Å²) >= 11 is 0. The first kappa shape index (κ1) is 18.7. The molecular formula is C20H17F3O6S. The third kappa shape index (κ3) is 1.76. The number of alkyl halides is 3. The van der Waals surface area contributed by atoms with Crippen molar-refractivity contribution in [3.05, 3.63) is 59.3 Å². The molecule has 2 unspecified atom stereocenters. The molecule has 1 aromatic heterocycles. The molecule has 2 heterocycles. The van der Waals surface area contributed by atoms with E-state index >= 15 is 0 Å². The van der Waals surface area contributed by atoms with E-state index in [4.69, 9.17) is 9.15 Å². The van der Waals surface area contributed by atoms with Crippen LogP contribution in [0.4, 0.5) is 13.2 Å². The lowest BCUT2D eigenvalue weighted by Gasteiger charge is -2.36. The fraction of sp³-hybridized carbons (Fsp3) is 0.500. The van der Waals surface area contributed by atoms with Crippen LogP contribution < -0.4 is 0 Å². The van der Waals surface area contributed by atoms with Gasteiger partial charge in [-0.25, -0.2) is 0 Å². The van der Waals surface area contributed by atoms with Gasteiger partial charge >= 0.3 is 15.6 Å². The number of halogens is 3. The quantitative estimate of drug-likeness (QED) is 0.569. The second-order valence-electron chi connectivity index (χ2n) is 8.64. The van der Waals surface area contributed by atoms with E-state index in [0.717, 1.165) is 16.7 Å². The van der Waals surface area contributed by atoms with Gasteiger partial charge in [0.2, 0.25) is 0 Å². The van der Waals surface area contributed by atoms with E-state index in [9.17, 15) is 26.7 Å². The minimum absolute atomic E-state index is 0.154. The van der Waals surface area contributed by atoms with Gasteiger partial charge < -0.3 is 18.4 Å². The standard InChI is InChI=1S/C20H17F3O6S/c21-20(22,23)30(25,26)29-14-5-11-6-17-3-1-12-9-28-16(13-2-4-27-8-13)15(12)18(17,7-11)19(14,17)10-24/h1-5,8,11,16,24H,6-7,9-10H2/t11-,16+,17+,18?,19?/m0/s1. The molecule has 0 radical (unpaired) electrons. The van der Waals surface area contributed by atoms with E-state index in [1.54, 1.807) is 12.3 Å². The van der Waals surface area contributed by atoms with Crippen LogP contribution in [0.15, 0.2) is 58.1 Å². The third-order valence-electron chi connectivity index (χ3n) is 7.76. The Morgan fingerprint density at radius 1 is 1.30 bits per heavy atom. The second kappa shape index (κ2) is 5.23. The summed E-state index contributed by atoms with van der Waals surface area (Å²) in [6.45, 7) is -0.204. The number of hydrogen-bond acceptors (Lipinski definition) is 6. The van der Waals surface area contributed by atoms with Gasteiger partial charge in [-0.2, -0.15) is 21.6 Å². The van der Waals surface area contributed by atoms with Crippen LogP contribution in [-0.4, -0.2) is 32.2 Å². The molecule has 0 saturated heterocycles. The zero-order valence-corrected chi connectivity index (χ0v) is 16.3. The molecule has 5 aliphatic carbocycles. The average molecular weight is 442 g/mol. The number of aliphatic hydroxyl groups is 1. The van der Waals surface area contributed by atoms with E-state index in [-0.39, 0.29) is 11.7 Å². The lowest BCUT2D eigenvalue weighted by atomic mass is 9.71. The number of rotatable bonds is 4. The highest BCUT2D eigenvalue weighted by molar-refractivity contribution is 7.87. The molecule has 2 spiro atoms. The van der Waals surface area contributed by atoms with Crippen molar-refractivity contribution in [2.45, 2.75) is 24.5 Å². The summed E-state index contributed by atoms with van der Waals surface area (Å²) in [5.74, 6) is -0.458. The molecule has 30 heavy (non-hydrogen) atoms. The predicted molar refractivity (Wildman–Crippen MR) is 94.8 cm³/mol. The zero-order chi connectivity index (χ0) is 21.2. The summed E-state index contributed by atoms with van der Waals surface area (Å²) in [6, 6.07) is 1.76. The van der Waals surface area contributed by atoms with Crippen molar-refractivity contribution in [2.75, 3.05) is 13.2 Å². The number of hydrogen-bond donors (Lipinski definition) is 1. The maximum absolute atomic E-state index is 13.0. The molecule has 6 nitrogen and oxygen atoms in total. The van der Waals surface area contributed by atoms with Gasteiger partial charge in [0.1, 0.15) is 11.9 Å². The van der Waals surface area contributed by atoms with E-state index in [0.29, 0.717) is 19.4 Å². The lowest BCUT2D eigenvalue weighted by Crippen LogP contribution is -2.36. The molecule has 2 saturated carbocycles. The lowest BCUT2D eigenvalue weighted by molar-refractivity contribution is -0.0539. The van der Waals surface area contributed by atoms with Crippen LogP contribution in [0.1, 0.15) is 24.5 Å². The third-order valence-corrected chi connectivity index (χ3v) is 8.72. The van der Waals surface area contributed by atoms with Crippen molar-refractivity contribution in [1.29, 1.82) is 0 Å². The first-order valence-corrected chi connectivity index (χ1v) is 10.9. The predicted octanol–water partition coefficient (Wildman–Crippen LogP) is 3.36. The minimum atomic E-state index is -5.85. The number of furan rings is 1. The topological polar surface area (TPSA) is 86.0 Å². The summed E-state index contributed by atoms with van der Waals surface area (Å²) < 4.78 is 78.6. The molecule has 0 amide bonds. The molecule has 1 aliphatic heterocycles. The molecule has 0 aromatic carbocycles. The average Bonchev–Trinajstić information content (AvgIpc) is 3.19. The Kier molecular flexibility index (Phi) is 3.26. The number of ether oxygens (including phenoxy) is 1. The van der Waals surface area contributed by atoms with Gasteiger partial charge in [0.15, 0.2) is 0 Å². The van der Waals surface area contributed by atoms with Gasteiger partial charge in [-0.3, -0.25) is 0 Å². The van der Waals surface area contributed by atoms with Gasteiger partial charge in [0.05, 0.1) is 31.2 Å². The molecular weight excluding hydrogens is 425 g/mol. The highest BCUT2D eigenvalue weighted by Gasteiger charge is 2.94. The Bertz CT molecular complexity index is 1150. The SMILES string of the molecule is O=S(=O)(OC1=C[C@@H]2CC34C5=C(C=C[C@]3(C2)C14CO)CO[C@@H]5c1ccoc1)C(F)(F)F. The molecule has 6 aliphatic rings. The largest absolute Gasteiger partial charge is 0.534 e. The van der Waals surface area contributed by atoms with Gasteiger partial charge in [-0.1, -0.05) is 12.2 Å². The Hall–Kier alpha value is -2.04. The van der Waals surface area contributed by atoms with Crippen LogP contribution in [-0.2, 0) is 19.0 Å². The summed E-state index contributed by atoms with van der Waals surface area (Å²) in [4.78, 5) is 0. The summed E-state index contributed by atoms with van der Waals surface area (Å²) in [7, 11) is -5.85. The first-order chi connectivity index (χ1) is 14.1. The Balaban J connectivity index is 1.51.